The van der Waals surface area contributed by atoms with Crippen LogP contribution in [0.5, 0.6) is 0 Å². The summed E-state index contributed by atoms with van der Waals surface area (Å²) in [6, 6.07) is 5.61. The molecule has 2 nitrogen and oxygen atoms in total. The quantitative estimate of drug-likeness (QED) is 0.655. The highest BCUT2D eigenvalue weighted by atomic mass is 79.9. The molecule has 0 bridgehead atoms. The van der Waals surface area contributed by atoms with Crippen LogP contribution in [-0.2, 0) is 0 Å². The van der Waals surface area contributed by atoms with E-state index in [0.717, 1.165) is 20.8 Å². The van der Waals surface area contributed by atoms with Crippen molar-refractivity contribution in [3.05, 3.63) is 32.7 Å². The molecule has 104 valence electrons. The molecular weight excluding hydrogens is 438 g/mol. The zero-order valence-corrected chi connectivity index (χ0v) is 15.2. The first-order chi connectivity index (χ1) is 9.10. The van der Waals surface area contributed by atoms with Gasteiger partial charge in [0.2, 0.25) is 0 Å². The number of halogens is 3. The minimum absolute atomic E-state index is 0.00206. The summed E-state index contributed by atoms with van der Waals surface area (Å²) in [7, 11) is 0. The van der Waals surface area contributed by atoms with E-state index in [0.29, 0.717) is 17.4 Å². The van der Waals surface area contributed by atoms with Crippen LogP contribution in [0, 0.1) is 11.8 Å². The van der Waals surface area contributed by atoms with Gasteiger partial charge in [-0.3, -0.25) is 4.79 Å². The van der Waals surface area contributed by atoms with Crippen LogP contribution in [0.25, 0.3) is 0 Å². The zero-order chi connectivity index (χ0) is 13.8. The number of carbonyl (C=O) groups excluding carboxylic acids is 1. The van der Waals surface area contributed by atoms with E-state index >= 15 is 0 Å². The van der Waals surface area contributed by atoms with Gasteiger partial charge in [0.05, 0.1) is 0 Å². The summed E-state index contributed by atoms with van der Waals surface area (Å²) in [5, 5.41) is 4.10. The van der Waals surface area contributed by atoms with E-state index in [1.54, 1.807) is 0 Å². The van der Waals surface area contributed by atoms with Gasteiger partial charge in [-0.15, -0.1) is 0 Å². The lowest BCUT2D eigenvalue weighted by molar-refractivity contribution is 0.0944. The molecule has 19 heavy (non-hydrogen) atoms. The molecule has 1 saturated carbocycles. The maximum atomic E-state index is 12.1. The van der Waals surface area contributed by atoms with Gasteiger partial charge in [0.25, 0.3) is 5.91 Å². The monoisotopic (exact) mass is 451 g/mol. The van der Waals surface area contributed by atoms with Gasteiger partial charge >= 0.3 is 0 Å². The maximum Gasteiger partial charge on any atom is 0.251 e. The third-order valence-corrected chi connectivity index (χ3v) is 5.41. The Morgan fingerprint density at radius 3 is 2.42 bits per heavy atom. The number of nitrogens with one attached hydrogen (secondary N) is 1. The Bertz CT molecular complexity index is 444. The Balaban J connectivity index is 1.94. The van der Waals surface area contributed by atoms with Crippen LogP contribution in [0.1, 0.15) is 29.6 Å². The van der Waals surface area contributed by atoms with E-state index in [2.05, 4.69) is 53.1 Å². The van der Waals surface area contributed by atoms with Crippen molar-refractivity contribution in [1.82, 2.24) is 5.32 Å². The van der Waals surface area contributed by atoms with Crippen LogP contribution < -0.4 is 5.32 Å². The highest BCUT2D eigenvalue weighted by Crippen LogP contribution is 2.32. The largest absolute Gasteiger partial charge is 0.352 e. The zero-order valence-electron chi connectivity index (χ0n) is 10.5. The van der Waals surface area contributed by atoms with Crippen molar-refractivity contribution >= 4 is 53.7 Å². The fraction of sp³-hybridized carbons (Fsp3) is 0.500. The number of carbonyl (C=O) groups is 1. The molecule has 0 heterocycles. The van der Waals surface area contributed by atoms with Crippen LogP contribution in [0.2, 0.25) is 0 Å². The summed E-state index contributed by atoms with van der Waals surface area (Å²) >= 11 is 10.4. The summed E-state index contributed by atoms with van der Waals surface area (Å²) in [6.07, 6.45) is 3.77. The SMILES string of the molecule is O=C(NCC1CCCC1CBr)c1cc(Br)cc(Br)c1. The van der Waals surface area contributed by atoms with Crippen LogP contribution in [0.15, 0.2) is 27.1 Å². The van der Waals surface area contributed by atoms with Crippen molar-refractivity contribution in [2.45, 2.75) is 19.3 Å². The van der Waals surface area contributed by atoms with Crippen molar-refractivity contribution in [2.24, 2.45) is 11.8 Å². The molecule has 0 spiro atoms. The summed E-state index contributed by atoms with van der Waals surface area (Å²) in [5.41, 5.74) is 0.689. The van der Waals surface area contributed by atoms with E-state index < -0.39 is 0 Å². The summed E-state index contributed by atoms with van der Waals surface area (Å²) in [5.74, 6) is 1.32. The lowest BCUT2D eigenvalue weighted by Gasteiger charge is -2.17. The molecule has 5 heteroatoms. The third-order valence-electron chi connectivity index (χ3n) is 3.66. The Morgan fingerprint density at radius 1 is 1.16 bits per heavy atom. The fourth-order valence-electron chi connectivity index (χ4n) is 2.60. The number of alkyl halides is 1. The Morgan fingerprint density at radius 2 is 1.79 bits per heavy atom. The minimum Gasteiger partial charge on any atom is -0.352 e. The summed E-state index contributed by atoms with van der Waals surface area (Å²) in [6.45, 7) is 0.777. The lowest BCUT2D eigenvalue weighted by Crippen LogP contribution is -2.31. The third kappa shape index (κ3) is 4.30. The molecule has 1 aliphatic rings. The number of benzene rings is 1. The molecule has 0 aliphatic heterocycles. The number of hydrogen-bond acceptors (Lipinski definition) is 1. The lowest BCUT2D eigenvalue weighted by atomic mass is 9.98. The van der Waals surface area contributed by atoms with Gasteiger partial charge in [-0.2, -0.15) is 0 Å². The Hall–Kier alpha value is 0.130. The maximum absolute atomic E-state index is 12.1. The Labute approximate surface area is 139 Å². The van der Waals surface area contributed by atoms with Crippen LogP contribution >= 0.6 is 47.8 Å². The first-order valence-corrected chi connectivity index (χ1v) is 9.11. The minimum atomic E-state index is 0.00206. The number of hydrogen-bond donors (Lipinski definition) is 1. The molecular formula is C14H16Br3NO. The molecule has 1 aromatic carbocycles. The van der Waals surface area contributed by atoms with E-state index in [1.165, 1.54) is 19.3 Å². The van der Waals surface area contributed by atoms with Gasteiger partial charge in [-0.25, -0.2) is 0 Å². The van der Waals surface area contributed by atoms with Crippen LogP contribution in [0.3, 0.4) is 0 Å². The molecule has 0 saturated heterocycles. The standard InChI is InChI=1S/C14H16Br3NO/c15-7-9-2-1-3-10(9)8-18-14(19)11-4-12(16)6-13(17)5-11/h4-6,9-10H,1-3,7-8H2,(H,18,19). The number of amides is 1. The first kappa shape index (κ1) is 15.5. The normalized spacial score (nSPS) is 22.5. The molecule has 1 N–H and O–H groups in total. The molecule has 2 unspecified atom stereocenters. The molecule has 1 aliphatic carbocycles. The van der Waals surface area contributed by atoms with Gasteiger partial charge in [0.15, 0.2) is 0 Å². The van der Waals surface area contributed by atoms with Gasteiger partial charge < -0.3 is 5.32 Å². The highest BCUT2D eigenvalue weighted by Gasteiger charge is 2.26. The second-order valence-corrected chi connectivity index (χ2v) is 7.45. The average molecular weight is 454 g/mol. The highest BCUT2D eigenvalue weighted by molar-refractivity contribution is 9.11. The second-order valence-electron chi connectivity index (χ2n) is 4.97. The van der Waals surface area contributed by atoms with E-state index in [-0.39, 0.29) is 5.91 Å². The fourth-order valence-corrected chi connectivity index (χ4v) is 4.74. The summed E-state index contributed by atoms with van der Waals surface area (Å²) in [4.78, 5) is 12.1. The summed E-state index contributed by atoms with van der Waals surface area (Å²) < 4.78 is 1.82. The van der Waals surface area contributed by atoms with Gasteiger partial charge in [0.1, 0.15) is 0 Å². The molecule has 2 rings (SSSR count). The molecule has 0 radical (unpaired) electrons. The smallest absolute Gasteiger partial charge is 0.251 e. The van der Waals surface area contributed by atoms with E-state index in [1.807, 2.05) is 18.2 Å². The molecule has 0 aromatic heterocycles. The molecule has 2 atom stereocenters. The first-order valence-electron chi connectivity index (χ1n) is 6.40. The Kier molecular flexibility index (Phi) is 5.90. The second kappa shape index (κ2) is 7.23. The van der Waals surface area contributed by atoms with Crippen molar-refractivity contribution in [2.75, 3.05) is 11.9 Å². The van der Waals surface area contributed by atoms with Crippen LogP contribution in [-0.4, -0.2) is 17.8 Å². The number of rotatable bonds is 4. The predicted molar refractivity (Wildman–Crippen MR) is 88.8 cm³/mol. The molecule has 1 amide bonds. The van der Waals surface area contributed by atoms with E-state index in [4.69, 9.17) is 0 Å². The van der Waals surface area contributed by atoms with Crippen molar-refractivity contribution in [3.63, 3.8) is 0 Å². The van der Waals surface area contributed by atoms with Gasteiger partial charge in [0, 0.05) is 26.4 Å². The average Bonchev–Trinajstić information content (AvgIpc) is 2.82. The van der Waals surface area contributed by atoms with E-state index in [9.17, 15) is 4.79 Å². The van der Waals surface area contributed by atoms with Crippen LogP contribution in [0.4, 0.5) is 0 Å². The van der Waals surface area contributed by atoms with Gasteiger partial charge in [-0.1, -0.05) is 54.2 Å². The molecule has 1 aromatic rings. The van der Waals surface area contributed by atoms with Crippen molar-refractivity contribution in [1.29, 1.82) is 0 Å². The van der Waals surface area contributed by atoms with Crippen molar-refractivity contribution < 1.29 is 4.79 Å². The van der Waals surface area contributed by atoms with Crippen molar-refractivity contribution in [3.8, 4) is 0 Å². The molecule has 1 fully saturated rings. The topological polar surface area (TPSA) is 29.1 Å². The van der Waals surface area contributed by atoms with Gasteiger partial charge in [-0.05, 0) is 42.9 Å². The predicted octanol–water partition coefficient (Wildman–Crippen LogP) is 4.75.